The van der Waals surface area contributed by atoms with Crippen molar-refractivity contribution >= 4 is 27.8 Å². The number of anilines is 2. The number of piperazine rings is 1. The molecule has 2 aromatic carbocycles. The van der Waals surface area contributed by atoms with E-state index < -0.39 is 21.7 Å². The summed E-state index contributed by atoms with van der Waals surface area (Å²) >= 11 is 0. The normalized spacial score (nSPS) is 15.7. The van der Waals surface area contributed by atoms with E-state index >= 15 is 0 Å². The number of nitrogens with one attached hydrogen (secondary N) is 1. The summed E-state index contributed by atoms with van der Waals surface area (Å²) in [6.45, 7) is 3.91. The van der Waals surface area contributed by atoms with Crippen LogP contribution in [0.1, 0.15) is 12.5 Å². The molecule has 3 rings (SSSR count). The molecule has 1 N–H and O–H groups in total. The average molecular weight is 439 g/mol. The molecule has 162 valence electrons. The topological polar surface area (TPSA) is 73.0 Å². The second kappa shape index (κ2) is 9.50. The minimum absolute atomic E-state index is 0.0723. The first-order valence-electron chi connectivity index (χ1n) is 9.57. The van der Waals surface area contributed by atoms with E-state index in [0.29, 0.717) is 56.1 Å². The van der Waals surface area contributed by atoms with Gasteiger partial charge in [-0.25, -0.2) is 22.2 Å². The Labute approximate surface area is 174 Å². The fraction of sp³-hybridized carbons (Fsp3) is 0.350. The number of halogens is 2. The zero-order valence-electron chi connectivity index (χ0n) is 16.6. The van der Waals surface area contributed by atoms with E-state index in [0.717, 1.165) is 5.01 Å². The molecular formula is C20H24F2N4O3S. The molecule has 0 atom stereocenters. The highest BCUT2D eigenvalue weighted by Crippen LogP contribution is 2.21. The summed E-state index contributed by atoms with van der Waals surface area (Å²) in [5, 5.41) is 1.12. The smallest absolute Gasteiger partial charge is 0.232 e. The first-order valence-corrected chi connectivity index (χ1v) is 11.2. The number of amides is 1. The molecule has 2 aromatic rings. The summed E-state index contributed by atoms with van der Waals surface area (Å²) in [5.41, 5.74) is 4.24. The fourth-order valence-electron chi connectivity index (χ4n) is 3.29. The molecule has 0 bridgehead atoms. The van der Waals surface area contributed by atoms with E-state index in [9.17, 15) is 22.0 Å². The minimum atomic E-state index is -3.21. The van der Waals surface area contributed by atoms with Gasteiger partial charge >= 0.3 is 0 Å². The molecule has 1 amide bonds. The van der Waals surface area contributed by atoms with Crippen molar-refractivity contribution < 1.29 is 22.0 Å². The largest absolute Gasteiger partial charge is 0.296 e. The predicted molar refractivity (Wildman–Crippen MR) is 111 cm³/mol. The summed E-state index contributed by atoms with van der Waals surface area (Å²) in [4.78, 5) is 13.6. The molecule has 0 unspecified atom stereocenters. The lowest BCUT2D eigenvalue weighted by Crippen LogP contribution is -2.48. The van der Waals surface area contributed by atoms with E-state index in [1.165, 1.54) is 40.7 Å². The first-order chi connectivity index (χ1) is 14.3. The molecule has 1 heterocycles. The highest BCUT2D eigenvalue weighted by atomic mass is 32.2. The second-order valence-corrected chi connectivity index (χ2v) is 9.25. The van der Waals surface area contributed by atoms with Gasteiger partial charge in [-0.2, -0.15) is 4.31 Å². The summed E-state index contributed by atoms with van der Waals surface area (Å²) in [6.07, 6.45) is 0.510. The van der Waals surface area contributed by atoms with Crippen LogP contribution in [-0.2, 0) is 21.4 Å². The van der Waals surface area contributed by atoms with Gasteiger partial charge in [-0.15, -0.1) is 0 Å². The monoisotopic (exact) mass is 438 g/mol. The Morgan fingerprint density at radius 1 is 1.03 bits per heavy atom. The summed E-state index contributed by atoms with van der Waals surface area (Å²) < 4.78 is 52.7. The van der Waals surface area contributed by atoms with Crippen LogP contribution in [-0.4, -0.2) is 56.0 Å². The molecule has 0 radical (unpaired) electrons. The summed E-state index contributed by atoms with van der Waals surface area (Å²) in [7, 11) is -3.21. The first kappa shape index (κ1) is 22.1. The lowest BCUT2D eigenvalue weighted by Gasteiger charge is -2.34. The maximum absolute atomic E-state index is 14.2. The van der Waals surface area contributed by atoms with Gasteiger partial charge in [-0.05, 0) is 55.0 Å². The molecule has 1 fully saturated rings. The molecule has 0 aromatic heterocycles. The maximum Gasteiger partial charge on any atom is 0.232 e. The van der Waals surface area contributed by atoms with Gasteiger partial charge in [0.2, 0.25) is 16.4 Å². The Balaban J connectivity index is 1.69. The van der Waals surface area contributed by atoms with Gasteiger partial charge in [0.25, 0.3) is 0 Å². The number of hydrazine groups is 1. The number of carbonyl (C=O) groups is 1. The van der Waals surface area contributed by atoms with Crippen LogP contribution in [0.3, 0.4) is 0 Å². The molecule has 0 saturated carbocycles. The van der Waals surface area contributed by atoms with Gasteiger partial charge in [0.05, 0.1) is 17.1 Å². The van der Waals surface area contributed by atoms with Crippen LogP contribution in [0.5, 0.6) is 0 Å². The van der Waals surface area contributed by atoms with Gasteiger partial charge in [-0.3, -0.25) is 15.1 Å². The van der Waals surface area contributed by atoms with Crippen molar-refractivity contribution in [3.8, 4) is 0 Å². The van der Waals surface area contributed by atoms with Crippen LogP contribution in [0, 0.1) is 11.6 Å². The molecule has 10 heteroatoms. The molecule has 0 spiro atoms. The summed E-state index contributed by atoms with van der Waals surface area (Å²) in [6, 6.07) is 9.73. The lowest BCUT2D eigenvalue weighted by atomic mass is 10.1. The van der Waals surface area contributed by atoms with E-state index in [-0.39, 0.29) is 5.75 Å². The van der Waals surface area contributed by atoms with Crippen molar-refractivity contribution in [2.24, 2.45) is 0 Å². The van der Waals surface area contributed by atoms with Crippen LogP contribution < -0.4 is 10.4 Å². The number of hydrogen-bond donors (Lipinski definition) is 1. The number of benzene rings is 2. The van der Waals surface area contributed by atoms with Crippen molar-refractivity contribution in [2.75, 3.05) is 42.4 Å². The number of hydrogen-bond acceptors (Lipinski definition) is 5. The molecule has 7 nitrogen and oxygen atoms in total. The Morgan fingerprint density at radius 3 is 2.30 bits per heavy atom. The highest BCUT2D eigenvalue weighted by Gasteiger charge is 2.25. The van der Waals surface area contributed by atoms with Crippen molar-refractivity contribution in [1.29, 1.82) is 0 Å². The third-order valence-electron chi connectivity index (χ3n) is 4.92. The van der Waals surface area contributed by atoms with Crippen LogP contribution >= 0.6 is 0 Å². The summed E-state index contributed by atoms with van der Waals surface area (Å²) in [5.74, 6) is -0.830. The number of sulfonamides is 1. The number of rotatable bonds is 8. The zero-order chi connectivity index (χ0) is 21.7. The van der Waals surface area contributed by atoms with E-state index in [1.54, 1.807) is 13.0 Å². The maximum atomic E-state index is 14.2. The van der Waals surface area contributed by atoms with Gasteiger partial charge < -0.3 is 0 Å². The van der Waals surface area contributed by atoms with Crippen LogP contribution in [0.25, 0.3) is 0 Å². The molecule has 30 heavy (non-hydrogen) atoms. The van der Waals surface area contributed by atoms with Gasteiger partial charge in [0.1, 0.15) is 11.6 Å². The quantitative estimate of drug-likeness (QED) is 0.506. The SMILES string of the molecule is CCS(=O)(=O)N1CCN(Cc2cc(F)cc(N(C=O)Nc3ccc(F)cc3)c2)CC1. The van der Waals surface area contributed by atoms with Crippen LogP contribution in [0.15, 0.2) is 42.5 Å². The average Bonchev–Trinajstić information content (AvgIpc) is 2.73. The number of nitrogens with zero attached hydrogens (tertiary/aromatic N) is 3. The molecule has 1 aliphatic heterocycles. The Bertz CT molecular complexity index is 978. The van der Waals surface area contributed by atoms with E-state index in [1.807, 2.05) is 4.90 Å². The minimum Gasteiger partial charge on any atom is -0.296 e. The molecule has 0 aliphatic carbocycles. The molecule has 1 aliphatic rings. The van der Waals surface area contributed by atoms with Crippen molar-refractivity contribution in [1.82, 2.24) is 9.21 Å². The lowest BCUT2D eigenvalue weighted by molar-refractivity contribution is -0.107. The Hall–Kier alpha value is -2.56. The van der Waals surface area contributed by atoms with Crippen LogP contribution in [0.2, 0.25) is 0 Å². The second-order valence-electron chi connectivity index (χ2n) is 6.99. The molecule has 1 saturated heterocycles. The van der Waals surface area contributed by atoms with E-state index in [4.69, 9.17) is 0 Å². The standard InChI is InChI=1S/C20H24F2N4O3S/c1-2-30(28,29)25-9-7-24(8-10-25)14-16-11-18(22)13-20(12-16)26(15-27)23-19-5-3-17(21)4-6-19/h3-6,11-13,15,23H,2,7-10,14H2,1H3. The van der Waals surface area contributed by atoms with Gasteiger partial charge in [0.15, 0.2) is 0 Å². The van der Waals surface area contributed by atoms with Gasteiger partial charge in [0, 0.05) is 32.7 Å². The predicted octanol–water partition coefficient (Wildman–Crippen LogP) is 2.42. The van der Waals surface area contributed by atoms with Crippen molar-refractivity contribution in [3.63, 3.8) is 0 Å². The zero-order valence-corrected chi connectivity index (χ0v) is 17.4. The van der Waals surface area contributed by atoms with Crippen LogP contribution in [0.4, 0.5) is 20.2 Å². The van der Waals surface area contributed by atoms with Crippen molar-refractivity contribution in [3.05, 3.63) is 59.7 Å². The Morgan fingerprint density at radius 2 is 1.70 bits per heavy atom. The van der Waals surface area contributed by atoms with Crippen molar-refractivity contribution in [2.45, 2.75) is 13.5 Å². The van der Waals surface area contributed by atoms with Gasteiger partial charge in [-0.1, -0.05) is 0 Å². The third-order valence-corrected chi connectivity index (χ3v) is 6.80. The highest BCUT2D eigenvalue weighted by molar-refractivity contribution is 7.89. The molecular weight excluding hydrogens is 414 g/mol. The number of carbonyl (C=O) groups excluding carboxylic acids is 1. The van der Waals surface area contributed by atoms with E-state index in [2.05, 4.69) is 5.43 Å². The Kier molecular flexibility index (Phi) is 7.01. The fourth-order valence-corrected chi connectivity index (χ4v) is 4.37. The third kappa shape index (κ3) is 5.53.